The number of carbonyl (C=O) groups excluding carboxylic acids is 1. The molecule has 0 radical (unpaired) electrons. The minimum absolute atomic E-state index is 0.163. The zero-order valence-corrected chi connectivity index (χ0v) is 15.8. The highest BCUT2D eigenvalue weighted by atomic mass is 19.1. The van der Waals surface area contributed by atoms with Gasteiger partial charge in [-0.25, -0.2) is 4.39 Å². The molecule has 0 bridgehead atoms. The molecule has 2 N–H and O–H groups in total. The molecule has 1 aliphatic heterocycles. The van der Waals surface area contributed by atoms with Gasteiger partial charge in [-0.3, -0.25) is 4.79 Å². The summed E-state index contributed by atoms with van der Waals surface area (Å²) in [7, 11) is 0. The van der Waals surface area contributed by atoms with E-state index in [1.165, 1.54) is 12.1 Å². The molecular formula is C22H28FNO2. The molecule has 1 aliphatic carbocycles. The van der Waals surface area contributed by atoms with Crippen LogP contribution in [0.15, 0.2) is 47.2 Å². The Morgan fingerprint density at radius 1 is 1.19 bits per heavy atom. The van der Waals surface area contributed by atoms with Gasteiger partial charge in [0.2, 0.25) is 0 Å². The van der Waals surface area contributed by atoms with Crippen molar-refractivity contribution in [2.45, 2.75) is 64.3 Å². The van der Waals surface area contributed by atoms with E-state index in [2.05, 4.69) is 19.2 Å². The van der Waals surface area contributed by atoms with Crippen molar-refractivity contribution in [3.05, 3.63) is 58.6 Å². The summed E-state index contributed by atoms with van der Waals surface area (Å²) in [5, 5.41) is 13.8. The number of halogens is 1. The number of hydrogen-bond donors (Lipinski definition) is 2. The van der Waals surface area contributed by atoms with Crippen LogP contribution in [0.3, 0.4) is 0 Å². The fourth-order valence-electron chi connectivity index (χ4n) is 4.17. The molecule has 1 aromatic carbocycles. The van der Waals surface area contributed by atoms with Crippen molar-refractivity contribution in [3.63, 3.8) is 0 Å². The monoisotopic (exact) mass is 357 g/mol. The van der Waals surface area contributed by atoms with Gasteiger partial charge >= 0.3 is 0 Å². The van der Waals surface area contributed by atoms with Crippen LogP contribution in [0.25, 0.3) is 0 Å². The highest BCUT2D eigenvalue weighted by Gasteiger charge is 2.45. The number of aliphatic hydroxyl groups is 1. The standard InChI is InChI=1S/C22H28FNO2/c1-14(15(2)16(3)17-7-9-18(23)10-8-17)13-19-20(25)22(24-21(19)26)11-5-4-6-12-22/h7-10,13,15-16,25H,4-6,11-12H2,1-3H3,(H,24,26)/b14-13+/t15?,16-/m0/s1. The van der Waals surface area contributed by atoms with Gasteiger partial charge < -0.3 is 10.4 Å². The Bertz CT molecular complexity index is 742. The summed E-state index contributed by atoms with van der Waals surface area (Å²) in [5.74, 6) is 0.143. The van der Waals surface area contributed by atoms with E-state index in [4.69, 9.17) is 0 Å². The molecule has 4 heteroatoms. The third-order valence-corrected chi connectivity index (χ3v) is 6.25. The largest absolute Gasteiger partial charge is 0.509 e. The quantitative estimate of drug-likeness (QED) is 0.782. The minimum Gasteiger partial charge on any atom is -0.509 e. The normalized spacial score (nSPS) is 22.5. The number of nitrogens with one attached hydrogen (secondary N) is 1. The van der Waals surface area contributed by atoms with Crippen molar-refractivity contribution in [2.24, 2.45) is 5.92 Å². The molecule has 26 heavy (non-hydrogen) atoms. The van der Waals surface area contributed by atoms with Crippen LogP contribution in [0.2, 0.25) is 0 Å². The predicted octanol–water partition coefficient (Wildman–Crippen LogP) is 5.16. The van der Waals surface area contributed by atoms with E-state index in [9.17, 15) is 14.3 Å². The summed E-state index contributed by atoms with van der Waals surface area (Å²) in [6.45, 7) is 6.19. The number of rotatable bonds is 4. The van der Waals surface area contributed by atoms with Crippen molar-refractivity contribution < 1.29 is 14.3 Å². The Morgan fingerprint density at radius 3 is 2.42 bits per heavy atom. The molecule has 1 unspecified atom stereocenters. The number of allylic oxidation sites excluding steroid dienone is 1. The summed E-state index contributed by atoms with van der Waals surface area (Å²) >= 11 is 0. The molecule has 2 atom stereocenters. The second-order valence-corrected chi connectivity index (χ2v) is 7.88. The summed E-state index contributed by atoms with van der Waals surface area (Å²) in [4.78, 5) is 12.5. The Labute approximate surface area is 155 Å². The number of amides is 1. The molecular weight excluding hydrogens is 329 g/mol. The number of benzene rings is 1. The second kappa shape index (κ2) is 7.26. The van der Waals surface area contributed by atoms with Crippen molar-refractivity contribution in [2.75, 3.05) is 0 Å². The summed E-state index contributed by atoms with van der Waals surface area (Å²) < 4.78 is 13.2. The van der Waals surface area contributed by atoms with E-state index in [0.717, 1.165) is 43.2 Å². The van der Waals surface area contributed by atoms with E-state index in [0.29, 0.717) is 5.57 Å². The van der Waals surface area contributed by atoms with Crippen LogP contribution in [0.5, 0.6) is 0 Å². The van der Waals surface area contributed by atoms with Crippen molar-refractivity contribution in [1.29, 1.82) is 0 Å². The molecule has 0 saturated heterocycles. The Hall–Kier alpha value is -2.10. The van der Waals surface area contributed by atoms with Gasteiger partial charge in [-0.2, -0.15) is 0 Å². The van der Waals surface area contributed by atoms with Gasteiger partial charge in [-0.05, 0) is 55.4 Å². The lowest BCUT2D eigenvalue weighted by Crippen LogP contribution is -2.46. The molecule has 1 spiro atoms. The van der Waals surface area contributed by atoms with Crippen molar-refractivity contribution >= 4 is 5.91 Å². The first kappa shape index (κ1) is 18.7. The smallest absolute Gasteiger partial charge is 0.255 e. The lowest BCUT2D eigenvalue weighted by Gasteiger charge is -2.33. The SMILES string of the molecule is C/C(=C\C1=C(O)C2(CCCCC2)NC1=O)C(C)[C@H](C)c1ccc(F)cc1. The highest BCUT2D eigenvalue weighted by Crippen LogP contribution is 2.39. The summed E-state index contributed by atoms with van der Waals surface area (Å²) in [5.41, 5.74) is 1.95. The van der Waals surface area contributed by atoms with Crippen LogP contribution in [0.4, 0.5) is 4.39 Å². The average molecular weight is 357 g/mol. The zero-order valence-electron chi connectivity index (χ0n) is 15.8. The summed E-state index contributed by atoms with van der Waals surface area (Å²) in [6, 6.07) is 6.56. The van der Waals surface area contributed by atoms with Crippen LogP contribution in [-0.2, 0) is 4.79 Å². The van der Waals surface area contributed by atoms with Crippen molar-refractivity contribution in [3.8, 4) is 0 Å². The molecule has 0 aromatic heterocycles. The topological polar surface area (TPSA) is 49.3 Å². The van der Waals surface area contributed by atoms with Gasteiger partial charge in [-0.15, -0.1) is 0 Å². The highest BCUT2D eigenvalue weighted by molar-refractivity contribution is 6.00. The van der Waals surface area contributed by atoms with Gasteiger partial charge in [-0.1, -0.05) is 50.8 Å². The average Bonchev–Trinajstić information content (AvgIpc) is 2.85. The maximum Gasteiger partial charge on any atom is 0.255 e. The Balaban J connectivity index is 1.83. The maximum atomic E-state index is 13.2. The maximum absolute atomic E-state index is 13.2. The van der Waals surface area contributed by atoms with Crippen molar-refractivity contribution in [1.82, 2.24) is 5.32 Å². The van der Waals surface area contributed by atoms with E-state index >= 15 is 0 Å². The van der Waals surface area contributed by atoms with Gasteiger partial charge in [0.25, 0.3) is 5.91 Å². The molecule has 2 aliphatic rings. The van der Waals surface area contributed by atoms with Gasteiger partial charge in [0.05, 0.1) is 11.1 Å². The Morgan fingerprint density at radius 2 is 1.81 bits per heavy atom. The van der Waals surface area contributed by atoms with Crippen LogP contribution in [0, 0.1) is 11.7 Å². The third kappa shape index (κ3) is 3.42. The Kier molecular flexibility index (Phi) is 5.22. The first-order chi connectivity index (χ1) is 12.3. The third-order valence-electron chi connectivity index (χ3n) is 6.25. The molecule has 1 aromatic rings. The molecule has 3 rings (SSSR count). The minimum atomic E-state index is -0.548. The van der Waals surface area contributed by atoms with Crippen LogP contribution < -0.4 is 5.32 Å². The zero-order chi connectivity index (χ0) is 18.9. The van der Waals surface area contributed by atoms with Crippen LogP contribution >= 0.6 is 0 Å². The van der Waals surface area contributed by atoms with Gasteiger partial charge in [0, 0.05) is 0 Å². The number of aliphatic hydroxyl groups excluding tert-OH is 1. The molecule has 3 nitrogen and oxygen atoms in total. The van der Waals surface area contributed by atoms with Gasteiger partial charge in [0.15, 0.2) is 0 Å². The summed E-state index contributed by atoms with van der Waals surface area (Å²) in [6.07, 6.45) is 6.65. The fraction of sp³-hybridized carbons (Fsp3) is 0.500. The second-order valence-electron chi connectivity index (χ2n) is 7.88. The molecule has 1 saturated carbocycles. The number of carbonyl (C=O) groups is 1. The molecule has 1 amide bonds. The van der Waals surface area contributed by atoms with Crippen LogP contribution in [0.1, 0.15) is 64.4 Å². The molecule has 1 fully saturated rings. The number of hydrogen-bond acceptors (Lipinski definition) is 2. The lowest BCUT2D eigenvalue weighted by molar-refractivity contribution is -0.117. The van der Waals surface area contributed by atoms with E-state index < -0.39 is 5.54 Å². The first-order valence-corrected chi connectivity index (χ1v) is 9.54. The predicted molar refractivity (Wildman–Crippen MR) is 101 cm³/mol. The van der Waals surface area contributed by atoms with Crippen LogP contribution in [-0.4, -0.2) is 16.6 Å². The fourth-order valence-corrected chi connectivity index (χ4v) is 4.17. The van der Waals surface area contributed by atoms with E-state index in [1.54, 1.807) is 12.1 Å². The van der Waals surface area contributed by atoms with E-state index in [-0.39, 0.29) is 29.3 Å². The van der Waals surface area contributed by atoms with E-state index in [1.807, 2.05) is 13.0 Å². The molecule has 140 valence electrons. The molecule has 1 heterocycles. The lowest BCUT2D eigenvalue weighted by atomic mass is 9.80. The first-order valence-electron chi connectivity index (χ1n) is 9.54. The van der Waals surface area contributed by atoms with Gasteiger partial charge in [0.1, 0.15) is 11.6 Å².